The molecule has 0 atom stereocenters. The molecule has 1 fully saturated rings. The van der Waals surface area contributed by atoms with Crippen LogP contribution in [-0.4, -0.2) is 50.1 Å². The Bertz CT molecular complexity index is 1380. The van der Waals surface area contributed by atoms with Crippen LogP contribution in [0.3, 0.4) is 0 Å². The molecule has 1 aliphatic heterocycles. The van der Waals surface area contributed by atoms with E-state index in [0.717, 1.165) is 48.9 Å². The predicted molar refractivity (Wildman–Crippen MR) is 146 cm³/mol. The van der Waals surface area contributed by atoms with Crippen molar-refractivity contribution in [3.05, 3.63) is 102 Å². The molecular formula is C29H29N5O4. The van der Waals surface area contributed by atoms with Crippen molar-refractivity contribution in [2.45, 2.75) is 6.54 Å². The number of ether oxygens (including phenoxy) is 1. The topological polar surface area (TPSA) is 99.9 Å². The van der Waals surface area contributed by atoms with Gasteiger partial charge in [0, 0.05) is 56.5 Å². The molecule has 0 spiro atoms. The number of rotatable bonds is 8. The lowest BCUT2D eigenvalue weighted by Gasteiger charge is -2.38. The van der Waals surface area contributed by atoms with E-state index in [0.29, 0.717) is 17.8 Å². The first kappa shape index (κ1) is 24.9. The van der Waals surface area contributed by atoms with E-state index in [1.165, 1.54) is 6.26 Å². The summed E-state index contributed by atoms with van der Waals surface area (Å²) in [6.45, 7) is 3.33. The van der Waals surface area contributed by atoms with Crippen LogP contribution in [0.4, 0.5) is 17.1 Å². The number of nitrogens with one attached hydrogen (secondary N) is 2. The molecule has 4 aromatic rings. The van der Waals surface area contributed by atoms with Gasteiger partial charge in [-0.15, -0.1) is 0 Å². The predicted octanol–water partition coefficient (Wildman–Crippen LogP) is 4.19. The maximum atomic E-state index is 13.4. The quantitative estimate of drug-likeness (QED) is 0.366. The number of hydrogen-bond acceptors (Lipinski definition) is 7. The Morgan fingerprint density at radius 1 is 0.921 bits per heavy atom. The number of hydrogen-bond donors (Lipinski definition) is 2. The van der Waals surface area contributed by atoms with Gasteiger partial charge in [0.25, 0.3) is 11.8 Å². The van der Waals surface area contributed by atoms with Crippen molar-refractivity contribution in [1.29, 1.82) is 0 Å². The van der Waals surface area contributed by atoms with Gasteiger partial charge in [-0.25, -0.2) is 0 Å². The molecule has 194 valence electrons. The molecule has 0 unspecified atom stereocenters. The number of furan rings is 1. The van der Waals surface area contributed by atoms with Gasteiger partial charge in [0.2, 0.25) is 0 Å². The number of carbonyl (C=O) groups is 2. The number of piperazine rings is 1. The third kappa shape index (κ3) is 5.62. The van der Waals surface area contributed by atoms with Crippen molar-refractivity contribution in [3.8, 4) is 5.75 Å². The second kappa shape index (κ2) is 11.5. The van der Waals surface area contributed by atoms with Crippen LogP contribution in [-0.2, 0) is 6.54 Å². The van der Waals surface area contributed by atoms with Crippen molar-refractivity contribution in [2.75, 3.05) is 48.4 Å². The number of nitrogens with zero attached hydrogens (tertiary/aromatic N) is 3. The number of benzene rings is 2. The van der Waals surface area contributed by atoms with Crippen molar-refractivity contribution >= 4 is 28.9 Å². The second-order valence-electron chi connectivity index (χ2n) is 8.85. The van der Waals surface area contributed by atoms with E-state index in [4.69, 9.17) is 9.15 Å². The van der Waals surface area contributed by atoms with Crippen LogP contribution in [0.5, 0.6) is 5.75 Å². The van der Waals surface area contributed by atoms with Crippen molar-refractivity contribution in [2.24, 2.45) is 0 Å². The molecule has 0 bridgehead atoms. The smallest absolute Gasteiger partial charge is 0.291 e. The van der Waals surface area contributed by atoms with Gasteiger partial charge in [-0.2, -0.15) is 0 Å². The molecule has 38 heavy (non-hydrogen) atoms. The average Bonchev–Trinajstić information content (AvgIpc) is 3.52. The van der Waals surface area contributed by atoms with E-state index in [9.17, 15) is 9.59 Å². The van der Waals surface area contributed by atoms with Crippen LogP contribution in [0.2, 0.25) is 0 Å². The molecule has 9 heteroatoms. The van der Waals surface area contributed by atoms with Gasteiger partial charge in [0.15, 0.2) is 5.76 Å². The highest BCUT2D eigenvalue weighted by molar-refractivity contribution is 6.05. The van der Waals surface area contributed by atoms with E-state index in [1.54, 1.807) is 43.8 Å². The number of anilines is 3. The summed E-state index contributed by atoms with van der Waals surface area (Å²) < 4.78 is 10.7. The minimum Gasteiger partial charge on any atom is -0.495 e. The van der Waals surface area contributed by atoms with Gasteiger partial charge in [0.05, 0.1) is 24.6 Å². The lowest BCUT2D eigenvalue weighted by atomic mass is 10.1. The molecule has 3 heterocycles. The lowest BCUT2D eigenvalue weighted by Crippen LogP contribution is -2.47. The summed E-state index contributed by atoms with van der Waals surface area (Å²) in [4.78, 5) is 34.5. The lowest BCUT2D eigenvalue weighted by molar-refractivity contribution is 0.0949. The van der Waals surface area contributed by atoms with E-state index < -0.39 is 0 Å². The second-order valence-corrected chi connectivity index (χ2v) is 8.85. The Hall–Kier alpha value is -4.79. The summed E-state index contributed by atoms with van der Waals surface area (Å²) in [5.74, 6) is 0.428. The fourth-order valence-corrected chi connectivity index (χ4v) is 4.53. The van der Waals surface area contributed by atoms with Crippen molar-refractivity contribution in [3.63, 3.8) is 0 Å². The first-order valence-electron chi connectivity index (χ1n) is 12.4. The minimum absolute atomic E-state index is 0.198. The summed E-state index contributed by atoms with van der Waals surface area (Å²) >= 11 is 0. The molecule has 5 rings (SSSR count). The largest absolute Gasteiger partial charge is 0.495 e. The zero-order valence-electron chi connectivity index (χ0n) is 21.1. The first-order valence-corrected chi connectivity index (χ1v) is 12.4. The fraction of sp³-hybridized carbons (Fsp3) is 0.207. The molecular weight excluding hydrogens is 482 g/mol. The molecule has 2 aromatic heterocycles. The van der Waals surface area contributed by atoms with Crippen LogP contribution in [0.15, 0.2) is 89.8 Å². The van der Waals surface area contributed by atoms with Crippen LogP contribution >= 0.6 is 0 Å². The fourth-order valence-electron chi connectivity index (χ4n) is 4.53. The zero-order valence-corrected chi connectivity index (χ0v) is 21.1. The number of pyridine rings is 1. The SMILES string of the molecule is COc1ccccc1N1CCN(c2ccc(NC(=O)c3ccco3)cc2C(=O)NCc2cccnc2)CC1. The van der Waals surface area contributed by atoms with Gasteiger partial charge in [0.1, 0.15) is 5.75 Å². The number of carbonyl (C=O) groups excluding carboxylic acids is 2. The summed E-state index contributed by atoms with van der Waals surface area (Å²) in [6, 6.07) is 20.4. The van der Waals surface area contributed by atoms with E-state index in [2.05, 4.69) is 31.5 Å². The monoisotopic (exact) mass is 511 g/mol. The average molecular weight is 512 g/mol. The highest BCUT2D eigenvalue weighted by Gasteiger charge is 2.24. The molecule has 9 nitrogen and oxygen atoms in total. The molecule has 2 aromatic carbocycles. The number of methoxy groups -OCH3 is 1. The summed E-state index contributed by atoms with van der Waals surface area (Å²) in [5.41, 5.74) is 3.76. The Balaban J connectivity index is 1.36. The van der Waals surface area contributed by atoms with Gasteiger partial charge in [-0.3, -0.25) is 14.6 Å². The Labute approximate surface area is 221 Å². The van der Waals surface area contributed by atoms with Gasteiger partial charge < -0.3 is 29.6 Å². The van der Waals surface area contributed by atoms with Crippen LogP contribution < -0.4 is 25.2 Å². The number of para-hydroxylation sites is 2. The third-order valence-electron chi connectivity index (χ3n) is 6.47. The zero-order chi connectivity index (χ0) is 26.3. The Morgan fingerprint density at radius 2 is 1.71 bits per heavy atom. The molecule has 0 radical (unpaired) electrons. The van der Waals surface area contributed by atoms with Crippen molar-refractivity contribution in [1.82, 2.24) is 10.3 Å². The molecule has 1 aliphatic rings. The number of aromatic nitrogens is 1. The molecule has 0 aliphatic carbocycles. The third-order valence-corrected chi connectivity index (χ3v) is 6.47. The van der Waals surface area contributed by atoms with Crippen LogP contribution in [0.25, 0.3) is 0 Å². The molecule has 2 N–H and O–H groups in total. The maximum absolute atomic E-state index is 13.4. The summed E-state index contributed by atoms with van der Waals surface area (Å²) in [6.07, 6.45) is 4.86. The van der Waals surface area contributed by atoms with Crippen LogP contribution in [0.1, 0.15) is 26.5 Å². The summed E-state index contributed by atoms with van der Waals surface area (Å²) in [5, 5.41) is 5.81. The highest BCUT2D eigenvalue weighted by atomic mass is 16.5. The maximum Gasteiger partial charge on any atom is 0.291 e. The van der Waals surface area contributed by atoms with Crippen molar-refractivity contribution < 1.29 is 18.7 Å². The van der Waals surface area contributed by atoms with E-state index in [1.807, 2.05) is 36.4 Å². The van der Waals surface area contributed by atoms with Crippen LogP contribution in [0, 0.1) is 0 Å². The first-order chi connectivity index (χ1) is 18.6. The Kier molecular flexibility index (Phi) is 7.54. The highest BCUT2D eigenvalue weighted by Crippen LogP contribution is 2.31. The minimum atomic E-state index is -0.380. The van der Waals surface area contributed by atoms with Gasteiger partial charge in [-0.1, -0.05) is 18.2 Å². The molecule has 1 saturated heterocycles. The van der Waals surface area contributed by atoms with Gasteiger partial charge >= 0.3 is 0 Å². The molecule has 2 amide bonds. The normalized spacial score (nSPS) is 13.2. The Morgan fingerprint density at radius 3 is 2.42 bits per heavy atom. The van der Waals surface area contributed by atoms with E-state index in [-0.39, 0.29) is 17.6 Å². The number of amides is 2. The van der Waals surface area contributed by atoms with E-state index >= 15 is 0 Å². The van der Waals surface area contributed by atoms with Gasteiger partial charge in [-0.05, 0) is 54.1 Å². The molecule has 0 saturated carbocycles. The standard InChI is InChI=1S/C29H29N5O4/c1-37-26-8-3-2-7-25(26)34-15-13-33(14-16-34)24-11-10-22(32-29(36)27-9-5-17-38-27)18-23(24)28(35)31-20-21-6-4-12-30-19-21/h2-12,17-19H,13-16,20H2,1H3,(H,31,35)(H,32,36). The summed E-state index contributed by atoms with van der Waals surface area (Å²) in [7, 11) is 1.68.